The van der Waals surface area contributed by atoms with E-state index in [0.29, 0.717) is 19.6 Å². The van der Waals surface area contributed by atoms with Gasteiger partial charge in [-0.1, -0.05) is 12.1 Å². The molecule has 1 aliphatic rings. The first kappa shape index (κ1) is 15.5. The van der Waals surface area contributed by atoms with Crippen LogP contribution in [0.3, 0.4) is 0 Å². The van der Waals surface area contributed by atoms with E-state index >= 15 is 0 Å². The standard InChI is InChI=1S/C16H19FN4O2/c1-20-9-12(8-19-20)14-10-21(7-6-18-14)16(22)11-23-15-5-3-2-4-13(15)17/h2-5,8-9,14,18H,6-7,10-11H2,1H3/t14-/m1/s1. The molecule has 1 aromatic heterocycles. The zero-order valence-corrected chi connectivity index (χ0v) is 12.9. The third-order valence-electron chi connectivity index (χ3n) is 3.84. The van der Waals surface area contributed by atoms with E-state index in [1.165, 1.54) is 12.1 Å². The number of para-hydroxylation sites is 1. The molecule has 1 aliphatic heterocycles. The van der Waals surface area contributed by atoms with E-state index in [2.05, 4.69) is 10.4 Å². The molecule has 0 spiro atoms. The normalized spacial score (nSPS) is 18.0. The summed E-state index contributed by atoms with van der Waals surface area (Å²) in [6, 6.07) is 6.13. The van der Waals surface area contributed by atoms with Gasteiger partial charge in [-0.15, -0.1) is 0 Å². The molecule has 122 valence electrons. The Labute approximate surface area is 133 Å². The van der Waals surface area contributed by atoms with Gasteiger partial charge in [0, 0.05) is 38.4 Å². The average molecular weight is 318 g/mol. The van der Waals surface area contributed by atoms with Gasteiger partial charge in [0.15, 0.2) is 18.2 Å². The van der Waals surface area contributed by atoms with Crippen LogP contribution < -0.4 is 10.1 Å². The average Bonchev–Trinajstić information content (AvgIpc) is 3.00. The minimum Gasteiger partial charge on any atom is -0.481 e. The highest BCUT2D eigenvalue weighted by Gasteiger charge is 2.25. The van der Waals surface area contributed by atoms with Gasteiger partial charge in [-0.3, -0.25) is 9.48 Å². The van der Waals surface area contributed by atoms with Crippen LogP contribution in [-0.2, 0) is 11.8 Å². The van der Waals surface area contributed by atoms with E-state index < -0.39 is 5.82 Å². The smallest absolute Gasteiger partial charge is 0.260 e. The molecule has 0 radical (unpaired) electrons. The molecule has 1 N–H and O–H groups in total. The molecule has 1 amide bonds. The number of nitrogens with one attached hydrogen (secondary N) is 1. The first-order valence-electron chi connectivity index (χ1n) is 7.50. The van der Waals surface area contributed by atoms with Crippen molar-refractivity contribution in [2.75, 3.05) is 26.2 Å². The fraction of sp³-hybridized carbons (Fsp3) is 0.375. The molecule has 3 rings (SSSR count). The Morgan fingerprint density at radius 1 is 1.48 bits per heavy atom. The zero-order chi connectivity index (χ0) is 16.2. The SMILES string of the molecule is Cn1cc([C@H]2CN(C(=O)COc3ccccc3F)CCN2)cn1. The maximum Gasteiger partial charge on any atom is 0.260 e. The van der Waals surface area contributed by atoms with E-state index in [-0.39, 0.29) is 24.3 Å². The summed E-state index contributed by atoms with van der Waals surface area (Å²) in [6.07, 6.45) is 3.73. The second kappa shape index (κ2) is 6.78. The number of carbonyl (C=O) groups is 1. The fourth-order valence-electron chi connectivity index (χ4n) is 2.61. The summed E-state index contributed by atoms with van der Waals surface area (Å²) in [6.45, 7) is 1.69. The van der Waals surface area contributed by atoms with Gasteiger partial charge in [-0.05, 0) is 12.1 Å². The quantitative estimate of drug-likeness (QED) is 0.917. The van der Waals surface area contributed by atoms with Crippen LogP contribution in [0.5, 0.6) is 5.75 Å². The number of halogens is 1. The maximum absolute atomic E-state index is 13.5. The maximum atomic E-state index is 13.5. The monoisotopic (exact) mass is 318 g/mol. The zero-order valence-electron chi connectivity index (χ0n) is 12.9. The molecule has 1 atom stereocenters. The lowest BCUT2D eigenvalue weighted by Crippen LogP contribution is -2.49. The van der Waals surface area contributed by atoms with E-state index in [9.17, 15) is 9.18 Å². The van der Waals surface area contributed by atoms with Crippen LogP contribution in [0.2, 0.25) is 0 Å². The minimum atomic E-state index is -0.464. The van der Waals surface area contributed by atoms with E-state index in [4.69, 9.17) is 4.74 Å². The third-order valence-corrected chi connectivity index (χ3v) is 3.84. The van der Waals surface area contributed by atoms with Gasteiger partial charge in [-0.25, -0.2) is 4.39 Å². The number of amides is 1. The molecule has 0 unspecified atom stereocenters. The van der Waals surface area contributed by atoms with Gasteiger partial charge in [0.05, 0.1) is 12.2 Å². The van der Waals surface area contributed by atoms with Gasteiger partial charge in [0.2, 0.25) is 0 Å². The van der Waals surface area contributed by atoms with Crippen molar-refractivity contribution < 1.29 is 13.9 Å². The number of benzene rings is 1. The summed E-state index contributed by atoms with van der Waals surface area (Å²) in [5.41, 5.74) is 1.04. The van der Waals surface area contributed by atoms with Crippen molar-refractivity contribution in [3.8, 4) is 5.75 Å². The highest BCUT2D eigenvalue weighted by molar-refractivity contribution is 5.78. The lowest BCUT2D eigenvalue weighted by Gasteiger charge is -2.33. The van der Waals surface area contributed by atoms with Crippen molar-refractivity contribution in [2.24, 2.45) is 7.05 Å². The fourth-order valence-corrected chi connectivity index (χ4v) is 2.61. The number of rotatable bonds is 4. The molecule has 2 heterocycles. The molecule has 6 nitrogen and oxygen atoms in total. The van der Waals surface area contributed by atoms with Crippen LogP contribution in [0.25, 0.3) is 0 Å². The van der Waals surface area contributed by atoms with Gasteiger partial charge < -0.3 is 15.0 Å². The van der Waals surface area contributed by atoms with Crippen LogP contribution in [0.4, 0.5) is 4.39 Å². The Balaban J connectivity index is 1.58. The van der Waals surface area contributed by atoms with Crippen LogP contribution >= 0.6 is 0 Å². The number of aryl methyl sites for hydroxylation is 1. The number of piperazine rings is 1. The molecule has 1 aromatic carbocycles. The van der Waals surface area contributed by atoms with Crippen molar-refractivity contribution in [1.29, 1.82) is 0 Å². The number of hydrogen-bond acceptors (Lipinski definition) is 4. The van der Waals surface area contributed by atoms with Crippen LogP contribution in [0.1, 0.15) is 11.6 Å². The van der Waals surface area contributed by atoms with E-state index in [1.54, 1.807) is 27.9 Å². The Morgan fingerprint density at radius 2 is 2.30 bits per heavy atom. The molecule has 7 heteroatoms. The highest BCUT2D eigenvalue weighted by atomic mass is 19.1. The van der Waals surface area contributed by atoms with Gasteiger partial charge in [-0.2, -0.15) is 5.10 Å². The number of hydrogen-bond donors (Lipinski definition) is 1. The highest BCUT2D eigenvalue weighted by Crippen LogP contribution is 2.18. The Kier molecular flexibility index (Phi) is 4.57. The molecule has 0 bridgehead atoms. The predicted octanol–water partition coefficient (Wildman–Crippen LogP) is 1.11. The van der Waals surface area contributed by atoms with Crippen molar-refractivity contribution >= 4 is 5.91 Å². The Bertz CT molecular complexity index is 688. The van der Waals surface area contributed by atoms with E-state index in [1.807, 2.05) is 13.2 Å². The molecule has 1 saturated heterocycles. The van der Waals surface area contributed by atoms with Crippen molar-refractivity contribution in [1.82, 2.24) is 20.0 Å². The lowest BCUT2D eigenvalue weighted by molar-refractivity contribution is -0.134. The first-order chi connectivity index (χ1) is 11.1. The Morgan fingerprint density at radius 3 is 3.04 bits per heavy atom. The summed E-state index contributed by atoms with van der Waals surface area (Å²) < 4.78 is 20.5. The molecule has 0 aliphatic carbocycles. The summed E-state index contributed by atoms with van der Waals surface area (Å²) >= 11 is 0. The summed E-state index contributed by atoms with van der Waals surface area (Å²) in [4.78, 5) is 14.0. The number of ether oxygens (including phenoxy) is 1. The van der Waals surface area contributed by atoms with Gasteiger partial charge in [0.1, 0.15) is 0 Å². The van der Waals surface area contributed by atoms with Gasteiger partial charge >= 0.3 is 0 Å². The third kappa shape index (κ3) is 3.68. The van der Waals surface area contributed by atoms with Crippen LogP contribution in [0, 0.1) is 5.82 Å². The van der Waals surface area contributed by atoms with Crippen molar-refractivity contribution in [3.05, 3.63) is 48.0 Å². The van der Waals surface area contributed by atoms with Gasteiger partial charge in [0.25, 0.3) is 5.91 Å². The molecule has 1 fully saturated rings. The number of aromatic nitrogens is 2. The largest absolute Gasteiger partial charge is 0.481 e. The predicted molar refractivity (Wildman–Crippen MR) is 82.4 cm³/mol. The van der Waals surface area contributed by atoms with Crippen molar-refractivity contribution in [3.63, 3.8) is 0 Å². The second-order valence-electron chi connectivity index (χ2n) is 5.51. The molecular formula is C16H19FN4O2. The summed E-state index contributed by atoms with van der Waals surface area (Å²) in [5, 5.41) is 7.52. The summed E-state index contributed by atoms with van der Waals surface area (Å²) in [7, 11) is 1.86. The molecule has 23 heavy (non-hydrogen) atoms. The molecular weight excluding hydrogens is 299 g/mol. The number of carbonyl (C=O) groups excluding carboxylic acids is 1. The van der Waals surface area contributed by atoms with Crippen LogP contribution in [-0.4, -0.2) is 46.8 Å². The van der Waals surface area contributed by atoms with Crippen molar-refractivity contribution in [2.45, 2.75) is 6.04 Å². The topological polar surface area (TPSA) is 59.4 Å². The minimum absolute atomic E-state index is 0.0508. The number of nitrogens with zero attached hydrogens (tertiary/aromatic N) is 3. The Hall–Kier alpha value is -2.41. The molecule has 0 saturated carbocycles. The van der Waals surface area contributed by atoms with E-state index in [0.717, 1.165) is 5.56 Å². The lowest BCUT2D eigenvalue weighted by atomic mass is 10.1. The molecule has 2 aromatic rings. The van der Waals surface area contributed by atoms with Crippen LogP contribution in [0.15, 0.2) is 36.7 Å². The first-order valence-corrected chi connectivity index (χ1v) is 7.50. The second-order valence-corrected chi connectivity index (χ2v) is 5.51. The summed E-state index contributed by atoms with van der Waals surface area (Å²) in [5.74, 6) is -0.516.